The number of aliphatic imine (C=N–C) groups is 1. The highest BCUT2D eigenvalue weighted by Gasteiger charge is 2.23. The summed E-state index contributed by atoms with van der Waals surface area (Å²) >= 11 is 0. The summed E-state index contributed by atoms with van der Waals surface area (Å²) in [5.74, 6) is 1.95. The van der Waals surface area contributed by atoms with Gasteiger partial charge in [-0.3, -0.25) is 0 Å². The highest BCUT2D eigenvalue weighted by atomic mass is 16.5. The van der Waals surface area contributed by atoms with Gasteiger partial charge in [-0.1, -0.05) is 22.9 Å². The van der Waals surface area contributed by atoms with Gasteiger partial charge in [-0.15, -0.1) is 0 Å². The fourth-order valence-electron chi connectivity index (χ4n) is 2.93. The van der Waals surface area contributed by atoms with Crippen molar-refractivity contribution in [3.8, 4) is 0 Å². The van der Waals surface area contributed by atoms with Gasteiger partial charge in [0.2, 0.25) is 5.89 Å². The third-order valence-corrected chi connectivity index (χ3v) is 4.21. The fourth-order valence-corrected chi connectivity index (χ4v) is 2.93. The van der Waals surface area contributed by atoms with Crippen LogP contribution in [-0.2, 0) is 6.54 Å². The number of nitrogens with zero attached hydrogens (tertiary/aromatic N) is 4. The van der Waals surface area contributed by atoms with E-state index in [2.05, 4.69) is 68.8 Å². The van der Waals surface area contributed by atoms with E-state index in [-0.39, 0.29) is 0 Å². The van der Waals surface area contributed by atoms with Gasteiger partial charge in [0.15, 0.2) is 11.8 Å². The maximum absolute atomic E-state index is 5.12. The second-order valence-electron chi connectivity index (χ2n) is 6.34. The molecule has 0 spiro atoms. The average Bonchev–Trinajstić information content (AvgIpc) is 3.23. The van der Waals surface area contributed by atoms with E-state index in [0.717, 1.165) is 32.0 Å². The van der Waals surface area contributed by atoms with Crippen molar-refractivity contribution in [2.75, 3.05) is 24.5 Å². The van der Waals surface area contributed by atoms with Crippen LogP contribution in [0, 0.1) is 13.8 Å². The molecule has 0 amide bonds. The van der Waals surface area contributed by atoms with Crippen LogP contribution in [0.4, 0.5) is 5.69 Å². The first kappa shape index (κ1) is 17.3. The minimum Gasteiger partial charge on any atom is -0.369 e. The Kier molecular flexibility index (Phi) is 5.53. The Morgan fingerprint density at radius 3 is 2.80 bits per heavy atom. The molecule has 7 nitrogen and oxygen atoms in total. The molecular formula is C18H26N6O. The zero-order valence-electron chi connectivity index (χ0n) is 15.1. The first-order valence-electron chi connectivity index (χ1n) is 8.79. The van der Waals surface area contributed by atoms with Gasteiger partial charge < -0.3 is 20.1 Å². The Bertz CT molecular complexity index is 709. The lowest BCUT2D eigenvalue weighted by atomic mass is 10.2. The molecular weight excluding hydrogens is 316 g/mol. The van der Waals surface area contributed by atoms with Gasteiger partial charge in [0.25, 0.3) is 0 Å². The molecule has 25 heavy (non-hydrogen) atoms. The molecule has 1 fully saturated rings. The summed E-state index contributed by atoms with van der Waals surface area (Å²) in [6, 6.07) is 9.06. The summed E-state index contributed by atoms with van der Waals surface area (Å²) < 4.78 is 5.12. The lowest BCUT2D eigenvalue weighted by Gasteiger charge is -2.20. The predicted molar refractivity (Wildman–Crippen MR) is 98.8 cm³/mol. The average molecular weight is 342 g/mol. The summed E-state index contributed by atoms with van der Waals surface area (Å²) in [5, 5.41) is 10.6. The van der Waals surface area contributed by atoms with Crippen LogP contribution in [0.25, 0.3) is 0 Å². The molecule has 2 aromatic rings. The molecule has 1 aliphatic rings. The van der Waals surface area contributed by atoms with E-state index in [1.165, 1.54) is 11.3 Å². The molecule has 134 valence electrons. The molecule has 1 saturated heterocycles. The lowest BCUT2D eigenvalue weighted by Crippen LogP contribution is -2.44. The van der Waals surface area contributed by atoms with Gasteiger partial charge in [-0.25, -0.2) is 4.99 Å². The first-order valence-corrected chi connectivity index (χ1v) is 8.79. The SMILES string of the molecule is CCNC(=NCc1nc(C)no1)NC1CCN(c2ccc(C)cc2)C1. The summed E-state index contributed by atoms with van der Waals surface area (Å²) in [7, 11) is 0. The van der Waals surface area contributed by atoms with E-state index in [9.17, 15) is 0 Å². The zero-order chi connectivity index (χ0) is 17.6. The Labute approximate surface area is 148 Å². The number of guanidine groups is 1. The van der Waals surface area contributed by atoms with Crippen LogP contribution in [0.2, 0.25) is 0 Å². The van der Waals surface area contributed by atoms with Crippen LogP contribution in [0.5, 0.6) is 0 Å². The number of nitrogens with one attached hydrogen (secondary N) is 2. The lowest BCUT2D eigenvalue weighted by molar-refractivity contribution is 0.376. The van der Waals surface area contributed by atoms with E-state index >= 15 is 0 Å². The molecule has 3 rings (SSSR count). The highest BCUT2D eigenvalue weighted by molar-refractivity contribution is 5.80. The van der Waals surface area contributed by atoms with Crippen molar-refractivity contribution in [3.05, 3.63) is 41.5 Å². The second-order valence-corrected chi connectivity index (χ2v) is 6.34. The molecule has 2 N–H and O–H groups in total. The van der Waals surface area contributed by atoms with E-state index in [1.807, 2.05) is 0 Å². The monoisotopic (exact) mass is 342 g/mol. The molecule has 7 heteroatoms. The van der Waals surface area contributed by atoms with Crippen molar-refractivity contribution >= 4 is 11.6 Å². The van der Waals surface area contributed by atoms with Crippen molar-refractivity contribution in [2.24, 2.45) is 4.99 Å². The third-order valence-electron chi connectivity index (χ3n) is 4.21. The van der Waals surface area contributed by atoms with E-state index in [4.69, 9.17) is 4.52 Å². The Hall–Kier alpha value is -2.57. The molecule has 1 aromatic carbocycles. The van der Waals surface area contributed by atoms with Crippen LogP contribution in [0.15, 0.2) is 33.8 Å². The van der Waals surface area contributed by atoms with Crippen LogP contribution >= 0.6 is 0 Å². The maximum atomic E-state index is 5.12. The Balaban J connectivity index is 1.58. The number of hydrogen-bond donors (Lipinski definition) is 2. The largest absolute Gasteiger partial charge is 0.369 e. The van der Waals surface area contributed by atoms with Crippen molar-refractivity contribution in [1.82, 2.24) is 20.8 Å². The molecule has 2 heterocycles. The summed E-state index contributed by atoms with van der Waals surface area (Å²) in [6.45, 7) is 9.17. The second kappa shape index (κ2) is 8.00. The number of aromatic nitrogens is 2. The molecule has 0 aliphatic carbocycles. The van der Waals surface area contributed by atoms with Gasteiger partial charge in [0, 0.05) is 31.4 Å². The maximum Gasteiger partial charge on any atom is 0.248 e. The van der Waals surface area contributed by atoms with Crippen LogP contribution in [0.3, 0.4) is 0 Å². The summed E-state index contributed by atoms with van der Waals surface area (Å²) in [4.78, 5) is 11.1. The predicted octanol–water partition coefficient (Wildman–Crippen LogP) is 2.02. The standard InChI is InChI=1S/C18H26N6O/c1-4-19-18(20-11-17-21-14(3)23-25-17)22-15-9-10-24(12-15)16-7-5-13(2)6-8-16/h5-8,15H,4,9-12H2,1-3H3,(H2,19,20,22). The molecule has 0 radical (unpaired) electrons. The van der Waals surface area contributed by atoms with Crippen molar-refractivity contribution < 1.29 is 4.52 Å². The minimum atomic E-state index is 0.364. The van der Waals surface area contributed by atoms with Gasteiger partial charge in [-0.2, -0.15) is 4.98 Å². The fraction of sp³-hybridized carbons (Fsp3) is 0.500. The van der Waals surface area contributed by atoms with Crippen molar-refractivity contribution in [3.63, 3.8) is 0 Å². The molecule has 0 bridgehead atoms. The molecule has 1 aliphatic heterocycles. The zero-order valence-corrected chi connectivity index (χ0v) is 15.1. The van der Waals surface area contributed by atoms with E-state index < -0.39 is 0 Å². The molecule has 1 unspecified atom stereocenters. The van der Waals surface area contributed by atoms with Gasteiger partial charge in [0.05, 0.1) is 0 Å². The highest BCUT2D eigenvalue weighted by Crippen LogP contribution is 2.20. The number of anilines is 1. The normalized spacial score (nSPS) is 17.8. The first-order chi connectivity index (χ1) is 12.1. The van der Waals surface area contributed by atoms with Crippen molar-refractivity contribution in [1.29, 1.82) is 0 Å². The quantitative estimate of drug-likeness (QED) is 0.639. The third kappa shape index (κ3) is 4.71. The molecule has 0 saturated carbocycles. The molecule has 1 atom stereocenters. The Morgan fingerprint density at radius 1 is 1.32 bits per heavy atom. The number of hydrogen-bond acceptors (Lipinski definition) is 5. The minimum absolute atomic E-state index is 0.364. The van der Waals surface area contributed by atoms with Crippen LogP contribution in [0.1, 0.15) is 30.6 Å². The van der Waals surface area contributed by atoms with Gasteiger partial charge in [0.1, 0.15) is 6.54 Å². The Morgan fingerprint density at radius 2 is 2.12 bits per heavy atom. The van der Waals surface area contributed by atoms with Gasteiger partial charge >= 0.3 is 0 Å². The van der Waals surface area contributed by atoms with Gasteiger partial charge in [-0.05, 0) is 39.3 Å². The van der Waals surface area contributed by atoms with E-state index in [1.54, 1.807) is 6.92 Å². The van der Waals surface area contributed by atoms with Crippen LogP contribution < -0.4 is 15.5 Å². The van der Waals surface area contributed by atoms with Crippen LogP contribution in [-0.4, -0.2) is 41.8 Å². The number of benzene rings is 1. The number of rotatable bonds is 5. The summed E-state index contributed by atoms with van der Waals surface area (Å²) in [6.07, 6.45) is 1.08. The summed E-state index contributed by atoms with van der Waals surface area (Å²) in [5.41, 5.74) is 2.56. The van der Waals surface area contributed by atoms with Crippen molar-refractivity contribution in [2.45, 2.75) is 39.8 Å². The smallest absolute Gasteiger partial charge is 0.248 e. The molecule has 1 aromatic heterocycles. The topological polar surface area (TPSA) is 78.6 Å². The van der Waals surface area contributed by atoms with E-state index in [0.29, 0.717) is 24.3 Å². The number of aryl methyl sites for hydroxylation is 2.